The summed E-state index contributed by atoms with van der Waals surface area (Å²) in [6.07, 6.45) is 7.47. The Kier molecular flexibility index (Phi) is 4.35. The molecule has 3 amide bonds. The number of anilines is 1. The van der Waals surface area contributed by atoms with E-state index in [-0.39, 0.29) is 41.4 Å². The number of hydrogen-bond acceptors (Lipinski definition) is 5. The second-order valence-corrected chi connectivity index (χ2v) is 9.12. The van der Waals surface area contributed by atoms with E-state index in [1.165, 1.54) is 21.8 Å². The Morgan fingerprint density at radius 2 is 1.83 bits per heavy atom. The van der Waals surface area contributed by atoms with Gasteiger partial charge in [-0.05, 0) is 30.7 Å². The monoisotopic (exact) mass is 407 g/mol. The van der Waals surface area contributed by atoms with Gasteiger partial charge in [0.25, 0.3) is 0 Å². The molecular weight excluding hydrogens is 386 g/mol. The second kappa shape index (κ2) is 6.91. The van der Waals surface area contributed by atoms with Crippen molar-refractivity contribution in [1.82, 2.24) is 9.88 Å². The fraction of sp³-hybridized carbons (Fsp3) is 0.364. The van der Waals surface area contributed by atoms with E-state index >= 15 is 0 Å². The Balaban J connectivity index is 1.26. The van der Waals surface area contributed by atoms with Gasteiger partial charge in [0.05, 0.1) is 11.8 Å². The SMILES string of the molecule is C[C@H](C(=O)Nc1ncc(Cc2ccccc2)s1)N1C(=O)[C@@H]2[C@@H](C1=O)[C@H]1C=C[C@H]2C1. The molecule has 148 valence electrons. The first-order chi connectivity index (χ1) is 14.0. The first kappa shape index (κ1) is 18.2. The van der Waals surface area contributed by atoms with Crippen LogP contribution < -0.4 is 5.32 Å². The molecule has 2 fully saturated rings. The first-order valence-corrected chi connectivity index (χ1v) is 10.7. The summed E-state index contributed by atoms with van der Waals surface area (Å²) >= 11 is 1.40. The van der Waals surface area contributed by atoms with Crippen LogP contribution >= 0.6 is 11.3 Å². The molecule has 1 saturated heterocycles. The molecule has 2 aromatic rings. The molecule has 2 heterocycles. The summed E-state index contributed by atoms with van der Waals surface area (Å²) in [7, 11) is 0. The molecule has 0 radical (unpaired) electrons. The molecule has 3 aliphatic rings. The number of carbonyl (C=O) groups is 3. The number of thiazole rings is 1. The molecule has 1 aliphatic heterocycles. The number of allylic oxidation sites excluding steroid dienone is 2. The molecule has 0 spiro atoms. The van der Waals surface area contributed by atoms with Crippen molar-refractivity contribution >= 4 is 34.2 Å². The van der Waals surface area contributed by atoms with Gasteiger partial charge in [-0.2, -0.15) is 0 Å². The van der Waals surface area contributed by atoms with E-state index in [1.807, 2.05) is 30.3 Å². The molecule has 2 aliphatic carbocycles. The zero-order valence-corrected chi connectivity index (χ0v) is 16.8. The Hall–Kier alpha value is -2.80. The molecule has 5 rings (SSSR count). The van der Waals surface area contributed by atoms with Crippen molar-refractivity contribution in [3.8, 4) is 0 Å². The van der Waals surface area contributed by atoms with Crippen LogP contribution in [0, 0.1) is 23.7 Å². The third kappa shape index (κ3) is 3.00. The minimum Gasteiger partial charge on any atom is -0.300 e. The number of aromatic nitrogens is 1. The summed E-state index contributed by atoms with van der Waals surface area (Å²) in [6, 6.07) is 9.19. The van der Waals surface area contributed by atoms with Crippen molar-refractivity contribution in [2.45, 2.75) is 25.8 Å². The van der Waals surface area contributed by atoms with Crippen molar-refractivity contribution in [1.29, 1.82) is 0 Å². The molecule has 1 aromatic carbocycles. The van der Waals surface area contributed by atoms with E-state index in [0.717, 1.165) is 17.7 Å². The zero-order chi connectivity index (χ0) is 20.1. The van der Waals surface area contributed by atoms with E-state index in [4.69, 9.17) is 0 Å². The number of likely N-dealkylation sites (tertiary alicyclic amines) is 1. The molecule has 0 unspecified atom stereocenters. The standard InChI is InChI=1S/C22H21N3O3S/c1-12(25-20(27)17-14-7-8-15(10-14)18(17)21(25)28)19(26)24-22-23-11-16(29-22)9-13-5-3-2-4-6-13/h2-8,11-12,14-15,17-18H,9-10H2,1H3,(H,23,24,26)/t12-,14+,15+,17+,18+/m1/s1. The zero-order valence-electron chi connectivity index (χ0n) is 15.9. The molecule has 2 bridgehead atoms. The number of hydrogen-bond donors (Lipinski definition) is 1. The average molecular weight is 407 g/mol. The van der Waals surface area contributed by atoms with Crippen LogP contribution in [0.2, 0.25) is 0 Å². The molecular formula is C22H21N3O3S. The van der Waals surface area contributed by atoms with Crippen LogP contribution in [0.4, 0.5) is 5.13 Å². The number of fused-ring (bicyclic) bond motifs is 5. The summed E-state index contributed by atoms with van der Waals surface area (Å²) in [5.74, 6) is -1.09. The van der Waals surface area contributed by atoms with Crippen molar-refractivity contribution in [2.24, 2.45) is 23.7 Å². The van der Waals surface area contributed by atoms with Crippen molar-refractivity contribution in [3.05, 3.63) is 59.1 Å². The van der Waals surface area contributed by atoms with Crippen molar-refractivity contribution < 1.29 is 14.4 Å². The lowest BCUT2D eigenvalue weighted by atomic mass is 9.85. The van der Waals surface area contributed by atoms with Crippen LogP contribution in [0.25, 0.3) is 0 Å². The third-order valence-corrected chi connectivity index (χ3v) is 7.19. The van der Waals surface area contributed by atoms with Crippen LogP contribution in [0.15, 0.2) is 48.7 Å². The molecule has 5 atom stereocenters. The fourth-order valence-electron chi connectivity index (χ4n) is 4.88. The Morgan fingerprint density at radius 3 is 2.48 bits per heavy atom. The van der Waals surface area contributed by atoms with Crippen LogP contribution in [0.3, 0.4) is 0 Å². The van der Waals surface area contributed by atoms with Crippen LogP contribution in [0.5, 0.6) is 0 Å². The summed E-state index contributed by atoms with van der Waals surface area (Å²) in [6.45, 7) is 1.61. The number of nitrogens with zero attached hydrogens (tertiary/aromatic N) is 2. The molecule has 1 saturated carbocycles. The Bertz CT molecular complexity index is 985. The van der Waals surface area contributed by atoms with E-state index < -0.39 is 6.04 Å². The van der Waals surface area contributed by atoms with Crippen LogP contribution in [-0.4, -0.2) is 33.6 Å². The van der Waals surface area contributed by atoms with Gasteiger partial charge < -0.3 is 5.32 Å². The maximum Gasteiger partial charge on any atom is 0.249 e. The normalized spacial score (nSPS) is 28.1. The van der Waals surface area contributed by atoms with E-state index in [2.05, 4.69) is 22.5 Å². The fourth-order valence-corrected chi connectivity index (χ4v) is 5.73. The highest BCUT2D eigenvalue weighted by Gasteiger charge is 2.60. The predicted molar refractivity (Wildman–Crippen MR) is 109 cm³/mol. The van der Waals surface area contributed by atoms with Crippen LogP contribution in [0.1, 0.15) is 23.8 Å². The van der Waals surface area contributed by atoms with Gasteiger partial charge in [0, 0.05) is 17.5 Å². The van der Waals surface area contributed by atoms with Gasteiger partial charge in [-0.15, -0.1) is 11.3 Å². The maximum atomic E-state index is 12.9. The van der Waals surface area contributed by atoms with Gasteiger partial charge in [-0.3, -0.25) is 19.3 Å². The molecule has 1 aromatic heterocycles. The lowest BCUT2D eigenvalue weighted by Gasteiger charge is -2.23. The molecule has 6 nitrogen and oxygen atoms in total. The minimum absolute atomic E-state index is 0.140. The smallest absolute Gasteiger partial charge is 0.249 e. The average Bonchev–Trinajstić information content (AvgIpc) is 3.48. The maximum absolute atomic E-state index is 12.9. The first-order valence-electron chi connectivity index (χ1n) is 9.87. The number of amides is 3. The largest absolute Gasteiger partial charge is 0.300 e. The summed E-state index contributed by atoms with van der Waals surface area (Å²) in [5, 5.41) is 3.26. The number of benzene rings is 1. The van der Waals surface area contributed by atoms with Gasteiger partial charge in [0.1, 0.15) is 6.04 Å². The molecule has 7 heteroatoms. The van der Waals surface area contributed by atoms with Gasteiger partial charge in [0.15, 0.2) is 5.13 Å². The van der Waals surface area contributed by atoms with Crippen molar-refractivity contribution in [2.75, 3.05) is 5.32 Å². The lowest BCUT2D eigenvalue weighted by Crippen LogP contribution is -2.46. The highest BCUT2D eigenvalue weighted by Crippen LogP contribution is 2.52. The second-order valence-electron chi connectivity index (χ2n) is 8.01. The van der Waals surface area contributed by atoms with Gasteiger partial charge in [0.2, 0.25) is 17.7 Å². The number of imide groups is 1. The summed E-state index contributed by atoms with van der Waals surface area (Å²) in [4.78, 5) is 45.0. The number of nitrogens with one attached hydrogen (secondary N) is 1. The number of rotatable bonds is 5. The Morgan fingerprint density at radius 1 is 1.17 bits per heavy atom. The topological polar surface area (TPSA) is 79.4 Å². The minimum atomic E-state index is -0.846. The Labute approximate surface area is 172 Å². The van der Waals surface area contributed by atoms with Crippen LogP contribution in [-0.2, 0) is 20.8 Å². The highest BCUT2D eigenvalue weighted by atomic mass is 32.1. The van der Waals surface area contributed by atoms with E-state index in [1.54, 1.807) is 13.1 Å². The lowest BCUT2D eigenvalue weighted by molar-refractivity contribution is -0.146. The highest BCUT2D eigenvalue weighted by molar-refractivity contribution is 7.15. The molecule has 1 N–H and O–H groups in total. The predicted octanol–water partition coefficient (Wildman–Crippen LogP) is 2.87. The van der Waals surface area contributed by atoms with Gasteiger partial charge >= 0.3 is 0 Å². The number of carbonyl (C=O) groups excluding carboxylic acids is 3. The van der Waals surface area contributed by atoms with E-state index in [0.29, 0.717) is 5.13 Å². The van der Waals surface area contributed by atoms with Crippen molar-refractivity contribution in [3.63, 3.8) is 0 Å². The quantitative estimate of drug-likeness (QED) is 0.611. The summed E-state index contributed by atoms with van der Waals surface area (Å²) in [5.41, 5.74) is 1.17. The molecule has 29 heavy (non-hydrogen) atoms. The summed E-state index contributed by atoms with van der Waals surface area (Å²) < 4.78 is 0. The third-order valence-electron chi connectivity index (χ3n) is 6.28. The van der Waals surface area contributed by atoms with Gasteiger partial charge in [-0.1, -0.05) is 42.5 Å². The van der Waals surface area contributed by atoms with Gasteiger partial charge in [-0.25, -0.2) is 4.98 Å². The van der Waals surface area contributed by atoms with E-state index in [9.17, 15) is 14.4 Å².